The number of ether oxygens (including phenoxy) is 1. The number of carbonyl (C=O) groups is 1. The molecule has 0 saturated heterocycles. The third kappa shape index (κ3) is 5.83. The number of aromatic nitrogens is 2. The second kappa shape index (κ2) is 9.00. The predicted molar refractivity (Wildman–Crippen MR) is 96.1 cm³/mol. The maximum Gasteiger partial charge on any atom is 0.490 e. The van der Waals surface area contributed by atoms with Crippen LogP contribution in [0.15, 0.2) is 29.2 Å². The summed E-state index contributed by atoms with van der Waals surface area (Å²) >= 11 is 0. The fourth-order valence-electron chi connectivity index (χ4n) is 3.43. The highest BCUT2D eigenvalue weighted by atomic mass is 19.4. The number of methoxy groups -OCH3 is 1. The Kier molecular flexibility index (Phi) is 6.63. The van der Waals surface area contributed by atoms with Gasteiger partial charge >= 0.3 is 12.1 Å². The molecule has 4 rings (SSSR count). The van der Waals surface area contributed by atoms with E-state index in [2.05, 4.69) is 20.9 Å². The quantitative estimate of drug-likeness (QED) is 0.780. The monoisotopic (exact) mass is 415 g/mol. The molecule has 1 unspecified atom stereocenters. The molecule has 0 radical (unpaired) electrons. The smallest absolute Gasteiger partial charge is 0.475 e. The maximum atomic E-state index is 10.6. The number of alkyl halides is 3. The van der Waals surface area contributed by atoms with Crippen molar-refractivity contribution in [2.75, 3.05) is 20.3 Å². The summed E-state index contributed by atoms with van der Waals surface area (Å²) in [5, 5.41) is 11.8. The Labute approximate surface area is 166 Å². The first-order valence-electron chi connectivity index (χ1n) is 9.35. The molecule has 2 aromatic heterocycles. The Hall–Kier alpha value is -2.33. The van der Waals surface area contributed by atoms with E-state index in [0.29, 0.717) is 5.92 Å². The van der Waals surface area contributed by atoms with Crippen LogP contribution in [0.25, 0.3) is 0 Å². The van der Waals surface area contributed by atoms with E-state index >= 15 is 0 Å². The molecule has 2 aromatic rings. The number of furan rings is 1. The molecule has 1 saturated carbocycles. The summed E-state index contributed by atoms with van der Waals surface area (Å²) in [4.78, 5) is 11.4. The highest BCUT2D eigenvalue weighted by molar-refractivity contribution is 5.73. The number of halogens is 3. The van der Waals surface area contributed by atoms with Gasteiger partial charge in [-0.1, -0.05) is 0 Å². The van der Waals surface area contributed by atoms with Gasteiger partial charge in [-0.2, -0.15) is 18.3 Å². The minimum absolute atomic E-state index is 0.411. The lowest BCUT2D eigenvalue weighted by atomic mass is 9.95. The van der Waals surface area contributed by atoms with Crippen molar-refractivity contribution in [1.82, 2.24) is 14.7 Å². The van der Waals surface area contributed by atoms with Crippen LogP contribution in [0.3, 0.4) is 0 Å². The molecule has 0 amide bonds. The van der Waals surface area contributed by atoms with Crippen LogP contribution in [0.2, 0.25) is 0 Å². The molecule has 0 bridgehead atoms. The summed E-state index contributed by atoms with van der Waals surface area (Å²) in [6.07, 6.45) is 3.28. The van der Waals surface area contributed by atoms with Crippen molar-refractivity contribution >= 4 is 5.97 Å². The molecule has 1 atom stereocenters. The van der Waals surface area contributed by atoms with Crippen LogP contribution in [0.5, 0.6) is 0 Å². The summed E-state index contributed by atoms with van der Waals surface area (Å²) in [5.74, 6) is -1.50. The van der Waals surface area contributed by atoms with Gasteiger partial charge in [-0.15, -0.1) is 0 Å². The number of fused-ring (bicyclic) bond motifs is 1. The van der Waals surface area contributed by atoms with Crippen LogP contribution in [-0.4, -0.2) is 52.2 Å². The van der Waals surface area contributed by atoms with Gasteiger partial charge in [0.1, 0.15) is 0 Å². The van der Waals surface area contributed by atoms with Crippen LogP contribution < -0.4 is 0 Å². The first-order valence-corrected chi connectivity index (χ1v) is 9.35. The van der Waals surface area contributed by atoms with Crippen molar-refractivity contribution in [3.8, 4) is 0 Å². The Balaban J connectivity index is 0.000000298. The van der Waals surface area contributed by atoms with Gasteiger partial charge < -0.3 is 14.3 Å². The van der Waals surface area contributed by atoms with Crippen LogP contribution in [0.1, 0.15) is 35.6 Å². The third-order valence-corrected chi connectivity index (χ3v) is 5.00. The molecular formula is C19H24F3N3O4. The SMILES string of the molecule is COCC1CN(Cc2ccoc2)Cc2c1cnn2CC1CC1.O=C(O)C(F)(F)F. The normalized spacial score (nSPS) is 19.4. The van der Waals surface area contributed by atoms with Crippen LogP contribution in [0.4, 0.5) is 13.2 Å². The zero-order valence-corrected chi connectivity index (χ0v) is 16.1. The molecule has 160 valence electrons. The van der Waals surface area contributed by atoms with E-state index in [-0.39, 0.29) is 0 Å². The first kappa shape index (κ1) is 21.4. The van der Waals surface area contributed by atoms with Crippen molar-refractivity contribution < 1.29 is 32.2 Å². The molecule has 7 nitrogen and oxygen atoms in total. The number of carboxylic acid groups (broad SMARTS) is 1. The number of rotatable bonds is 6. The number of nitrogens with zero attached hydrogens (tertiary/aromatic N) is 3. The largest absolute Gasteiger partial charge is 0.490 e. The molecule has 1 fully saturated rings. The maximum absolute atomic E-state index is 10.6. The fraction of sp³-hybridized carbons (Fsp3) is 0.579. The Morgan fingerprint density at radius 3 is 2.69 bits per heavy atom. The van der Waals surface area contributed by atoms with E-state index in [9.17, 15) is 13.2 Å². The summed E-state index contributed by atoms with van der Waals surface area (Å²) in [6.45, 7) is 4.73. The minimum Gasteiger partial charge on any atom is -0.475 e. The third-order valence-electron chi connectivity index (χ3n) is 5.00. The number of aliphatic carboxylic acids is 1. The van der Waals surface area contributed by atoms with Crippen molar-refractivity contribution in [1.29, 1.82) is 0 Å². The van der Waals surface area contributed by atoms with Gasteiger partial charge in [-0.3, -0.25) is 9.58 Å². The summed E-state index contributed by atoms with van der Waals surface area (Å²) in [5.41, 5.74) is 3.99. The molecule has 1 aliphatic heterocycles. The second-order valence-electron chi connectivity index (χ2n) is 7.43. The standard InChI is InChI=1S/C17H23N3O2.C2HF3O2/c1-21-12-15-9-19(7-14-4-5-22-11-14)10-17-16(15)6-18-20(17)8-13-2-3-13;3-2(4,5)1(6)7/h4-6,11,13,15H,2-3,7-10,12H2,1H3;(H,6,7). The van der Waals surface area contributed by atoms with E-state index in [4.69, 9.17) is 19.1 Å². The van der Waals surface area contributed by atoms with Gasteiger partial charge in [0.15, 0.2) is 0 Å². The molecule has 2 aliphatic rings. The number of carboxylic acids is 1. The van der Waals surface area contributed by atoms with E-state index < -0.39 is 12.1 Å². The van der Waals surface area contributed by atoms with Crippen molar-refractivity contribution in [3.63, 3.8) is 0 Å². The molecule has 0 aromatic carbocycles. The molecule has 1 N–H and O–H groups in total. The van der Waals surface area contributed by atoms with Crippen LogP contribution in [0, 0.1) is 5.92 Å². The average molecular weight is 415 g/mol. The average Bonchev–Trinajstić information content (AvgIpc) is 3.14. The molecule has 0 spiro atoms. The van der Waals surface area contributed by atoms with Crippen LogP contribution in [-0.2, 0) is 29.2 Å². The summed E-state index contributed by atoms with van der Waals surface area (Å²) in [7, 11) is 1.78. The molecule has 1 aliphatic carbocycles. The van der Waals surface area contributed by atoms with Gasteiger partial charge in [0.05, 0.1) is 31.0 Å². The molecule has 29 heavy (non-hydrogen) atoms. The van der Waals surface area contributed by atoms with Gasteiger partial charge in [-0.25, -0.2) is 4.79 Å². The Morgan fingerprint density at radius 2 is 2.14 bits per heavy atom. The molecule has 3 heterocycles. The summed E-state index contributed by atoms with van der Waals surface area (Å²) in [6, 6.07) is 2.04. The lowest BCUT2D eigenvalue weighted by Gasteiger charge is -2.32. The Bertz CT molecular complexity index is 800. The van der Waals surface area contributed by atoms with E-state index in [1.165, 1.54) is 29.7 Å². The van der Waals surface area contributed by atoms with Gasteiger partial charge in [0.2, 0.25) is 0 Å². The molecular weight excluding hydrogens is 391 g/mol. The zero-order chi connectivity index (χ0) is 21.0. The topological polar surface area (TPSA) is 80.7 Å². The second-order valence-corrected chi connectivity index (χ2v) is 7.43. The molecule has 10 heteroatoms. The number of hydrogen-bond donors (Lipinski definition) is 1. The Morgan fingerprint density at radius 1 is 1.41 bits per heavy atom. The summed E-state index contributed by atoms with van der Waals surface area (Å²) < 4.78 is 44.6. The van der Waals surface area contributed by atoms with Gasteiger partial charge in [-0.05, 0) is 24.8 Å². The zero-order valence-electron chi connectivity index (χ0n) is 16.1. The van der Waals surface area contributed by atoms with E-state index in [0.717, 1.165) is 38.7 Å². The van der Waals surface area contributed by atoms with E-state index in [1.54, 1.807) is 13.4 Å². The van der Waals surface area contributed by atoms with Gasteiger partial charge in [0, 0.05) is 50.3 Å². The van der Waals surface area contributed by atoms with Crippen LogP contribution >= 0.6 is 0 Å². The number of hydrogen-bond acceptors (Lipinski definition) is 5. The lowest BCUT2D eigenvalue weighted by Crippen LogP contribution is -2.35. The minimum atomic E-state index is -5.08. The predicted octanol–water partition coefficient (Wildman–Crippen LogP) is 3.27. The lowest BCUT2D eigenvalue weighted by molar-refractivity contribution is -0.192. The van der Waals surface area contributed by atoms with Crippen molar-refractivity contribution in [2.24, 2.45) is 5.92 Å². The highest BCUT2D eigenvalue weighted by Gasteiger charge is 2.38. The van der Waals surface area contributed by atoms with E-state index in [1.807, 2.05) is 12.3 Å². The fourth-order valence-corrected chi connectivity index (χ4v) is 3.43. The van der Waals surface area contributed by atoms with Crippen molar-refractivity contribution in [3.05, 3.63) is 41.6 Å². The van der Waals surface area contributed by atoms with Crippen molar-refractivity contribution in [2.45, 2.75) is 44.6 Å². The highest BCUT2D eigenvalue weighted by Crippen LogP contribution is 2.34. The first-order chi connectivity index (χ1) is 13.8. The van der Waals surface area contributed by atoms with Gasteiger partial charge in [0.25, 0.3) is 0 Å².